The summed E-state index contributed by atoms with van der Waals surface area (Å²) in [5, 5.41) is 3.98. The van der Waals surface area contributed by atoms with Crippen molar-refractivity contribution in [2.24, 2.45) is 11.3 Å². The molecule has 1 aliphatic carbocycles. The van der Waals surface area contributed by atoms with Gasteiger partial charge in [-0.05, 0) is 79.5 Å². The summed E-state index contributed by atoms with van der Waals surface area (Å²) in [7, 11) is 0. The van der Waals surface area contributed by atoms with Crippen LogP contribution in [-0.4, -0.2) is 21.2 Å². The number of fused-ring (bicyclic) bond motifs is 3. The van der Waals surface area contributed by atoms with Gasteiger partial charge in [0, 0.05) is 10.6 Å². The lowest BCUT2D eigenvalue weighted by Crippen LogP contribution is -2.27. The summed E-state index contributed by atoms with van der Waals surface area (Å²) >= 11 is 2.85. The summed E-state index contributed by atoms with van der Waals surface area (Å²) in [4.78, 5) is 33.6. The first kappa shape index (κ1) is 25.7. The quantitative estimate of drug-likeness (QED) is 0.226. The van der Waals surface area contributed by atoms with Crippen LogP contribution < -0.4 is 10.9 Å². The molecule has 2 aromatic heterocycles. The minimum atomic E-state index is -0.362. The average Bonchev–Trinajstić information content (AvgIpc) is 3.22. The molecule has 1 N–H and O–H groups in total. The largest absolute Gasteiger partial charge is 0.325 e. The van der Waals surface area contributed by atoms with Gasteiger partial charge in [0.15, 0.2) is 5.16 Å². The molecular formula is C29H30FN3O2S2. The first-order valence-corrected chi connectivity index (χ1v) is 14.2. The summed E-state index contributed by atoms with van der Waals surface area (Å²) in [5.74, 6) is 0.0222. The molecule has 37 heavy (non-hydrogen) atoms. The first-order chi connectivity index (χ1) is 17.6. The Labute approximate surface area is 224 Å². The number of anilines is 1. The average molecular weight is 536 g/mol. The molecule has 8 heteroatoms. The predicted molar refractivity (Wildman–Crippen MR) is 151 cm³/mol. The first-order valence-electron chi connectivity index (χ1n) is 12.4. The summed E-state index contributed by atoms with van der Waals surface area (Å²) in [6.45, 7) is 8.85. The Kier molecular flexibility index (Phi) is 6.98. The van der Waals surface area contributed by atoms with E-state index in [-0.39, 0.29) is 28.5 Å². The van der Waals surface area contributed by atoms with Gasteiger partial charge in [0.05, 0.1) is 16.8 Å². The van der Waals surface area contributed by atoms with Crippen LogP contribution in [0, 0.1) is 24.1 Å². The van der Waals surface area contributed by atoms with E-state index < -0.39 is 0 Å². The molecule has 5 nitrogen and oxygen atoms in total. The number of thioether (sulfide) groups is 1. The molecule has 1 aliphatic rings. The summed E-state index contributed by atoms with van der Waals surface area (Å²) in [6.07, 6.45) is 2.91. The number of hydrogen-bond donors (Lipinski definition) is 1. The standard InChI is InChI=1S/C29H30FN3O2S2/c1-17-5-12-21(13-6-17)33-27(35)25-22-14-7-18(29(2,3)4)15-23(22)37-26(25)32-28(33)36-16-24(34)31-20-10-8-19(30)9-11-20/h5-6,8-13,18H,7,14-16H2,1-4H3,(H,31,34). The Morgan fingerprint density at radius 2 is 1.86 bits per heavy atom. The van der Waals surface area contributed by atoms with Gasteiger partial charge in [0.25, 0.3) is 5.56 Å². The van der Waals surface area contributed by atoms with Crippen LogP contribution >= 0.6 is 23.1 Å². The monoisotopic (exact) mass is 535 g/mol. The number of carbonyl (C=O) groups excluding carboxylic acids is 1. The zero-order valence-electron chi connectivity index (χ0n) is 21.4. The number of amides is 1. The van der Waals surface area contributed by atoms with Gasteiger partial charge in [0.2, 0.25) is 5.91 Å². The van der Waals surface area contributed by atoms with Crippen LogP contribution in [0.25, 0.3) is 15.9 Å². The van der Waals surface area contributed by atoms with E-state index in [1.807, 2.05) is 31.2 Å². The molecular weight excluding hydrogens is 505 g/mol. The number of hydrogen-bond acceptors (Lipinski definition) is 5. The number of halogens is 1. The molecule has 1 unspecified atom stereocenters. The van der Waals surface area contributed by atoms with E-state index in [1.54, 1.807) is 15.9 Å². The Bertz CT molecular complexity index is 1520. The number of aryl methyl sites for hydroxylation is 2. The van der Waals surface area contributed by atoms with E-state index in [0.717, 1.165) is 40.9 Å². The Hall–Kier alpha value is -2.97. The molecule has 2 aromatic carbocycles. The van der Waals surface area contributed by atoms with Crippen LogP contribution in [0.1, 0.15) is 43.2 Å². The van der Waals surface area contributed by atoms with Gasteiger partial charge >= 0.3 is 0 Å². The zero-order chi connectivity index (χ0) is 26.3. The molecule has 192 valence electrons. The number of aromatic nitrogens is 2. The molecule has 0 bridgehead atoms. The molecule has 0 radical (unpaired) electrons. The zero-order valence-corrected chi connectivity index (χ0v) is 23.1. The minimum Gasteiger partial charge on any atom is -0.325 e. The molecule has 5 rings (SSSR count). The molecule has 0 fully saturated rings. The fourth-order valence-corrected chi connectivity index (χ4v) is 6.98. The number of thiophene rings is 1. The third kappa shape index (κ3) is 5.36. The van der Waals surface area contributed by atoms with Gasteiger partial charge in [-0.25, -0.2) is 9.37 Å². The van der Waals surface area contributed by atoms with Gasteiger partial charge in [-0.3, -0.25) is 14.2 Å². The minimum absolute atomic E-state index is 0.0678. The Balaban J connectivity index is 1.52. The van der Waals surface area contributed by atoms with Gasteiger partial charge < -0.3 is 5.32 Å². The van der Waals surface area contributed by atoms with Crippen LogP contribution in [0.5, 0.6) is 0 Å². The summed E-state index contributed by atoms with van der Waals surface area (Å²) < 4.78 is 14.8. The summed E-state index contributed by atoms with van der Waals surface area (Å²) in [5.41, 5.74) is 3.62. The third-order valence-corrected chi connectivity index (χ3v) is 9.12. The fourth-order valence-electron chi connectivity index (χ4n) is 4.82. The lowest BCUT2D eigenvalue weighted by atomic mass is 9.72. The third-order valence-electron chi connectivity index (χ3n) is 7.03. The van der Waals surface area contributed by atoms with E-state index in [4.69, 9.17) is 4.98 Å². The highest BCUT2D eigenvalue weighted by Gasteiger charge is 2.32. The second-order valence-electron chi connectivity index (χ2n) is 10.7. The highest BCUT2D eigenvalue weighted by atomic mass is 32.2. The van der Waals surface area contributed by atoms with E-state index in [9.17, 15) is 14.0 Å². The van der Waals surface area contributed by atoms with Crippen molar-refractivity contribution < 1.29 is 9.18 Å². The highest BCUT2D eigenvalue weighted by Crippen LogP contribution is 2.42. The van der Waals surface area contributed by atoms with Crippen molar-refractivity contribution in [3.05, 3.63) is 80.7 Å². The SMILES string of the molecule is Cc1ccc(-n2c(SCC(=O)Nc3ccc(F)cc3)nc3sc4c(c3c2=O)CCC(C(C)(C)C)C4)cc1. The maximum Gasteiger partial charge on any atom is 0.267 e. The molecule has 1 amide bonds. The predicted octanol–water partition coefficient (Wildman–Crippen LogP) is 6.78. The van der Waals surface area contributed by atoms with Crippen molar-refractivity contribution in [2.45, 2.75) is 52.1 Å². The fraction of sp³-hybridized carbons (Fsp3) is 0.345. The van der Waals surface area contributed by atoms with Crippen LogP contribution in [0.2, 0.25) is 0 Å². The molecule has 2 heterocycles. The summed E-state index contributed by atoms with van der Waals surface area (Å²) in [6, 6.07) is 13.4. The van der Waals surface area contributed by atoms with Crippen molar-refractivity contribution in [1.29, 1.82) is 0 Å². The Morgan fingerprint density at radius 1 is 1.16 bits per heavy atom. The molecule has 1 atom stereocenters. The van der Waals surface area contributed by atoms with E-state index in [2.05, 4.69) is 26.1 Å². The van der Waals surface area contributed by atoms with Crippen molar-refractivity contribution in [3.63, 3.8) is 0 Å². The molecule has 0 aliphatic heterocycles. The second-order valence-corrected chi connectivity index (χ2v) is 12.7. The topological polar surface area (TPSA) is 64.0 Å². The maximum absolute atomic E-state index is 14.0. The Morgan fingerprint density at radius 3 is 2.54 bits per heavy atom. The number of benzene rings is 2. The number of nitrogens with one attached hydrogen (secondary N) is 1. The molecule has 4 aromatic rings. The van der Waals surface area contributed by atoms with E-state index in [1.165, 1.54) is 40.9 Å². The number of carbonyl (C=O) groups is 1. The van der Waals surface area contributed by atoms with Crippen LogP contribution in [0.3, 0.4) is 0 Å². The lowest BCUT2D eigenvalue weighted by molar-refractivity contribution is -0.113. The number of rotatable bonds is 5. The van der Waals surface area contributed by atoms with Gasteiger partial charge in [0.1, 0.15) is 10.6 Å². The van der Waals surface area contributed by atoms with Crippen LogP contribution in [0.4, 0.5) is 10.1 Å². The molecule has 0 spiro atoms. The second kappa shape index (κ2) is 10.1. The lowest BCUT2D eigenvalue weighted by Gasteiger charge is -2.33. The van der Waals surface area contributed by atoms with E-state index in [0.29, 0.717) is 22.1 Å². The highest BCUT2D eigenvalue weighted by molar-refractivity contribution is 7.99. The van der Waals surface area contributed by atoms with Crippen molar-refractivity contribution >= 4 is 44.9 Å². The van der Waals surface area contributed by atoms with Gasteiger partial charge in [-0.2, -0.15) is 0 Å². The smallest absolute Gasteiger partial charge is 0.267 e. The van der Waals surface area contributed by atoms with Gasteiger partial charge in [-0.1, -0.05) is 50.2 Å². The van der Waals surface area contributed by atoms with Crippen molar-refractivity contribution in [3.8, 4) is 5.69 Å². The van der Waals surface area contributed by atoms with Crippen LogP contribution in [0.15, 0.2) is 58.5 Å². The maximum atomic E-state index is 14.0. The molecule has 0 saturated heterocycles. The normalized spacial score (nSPS) is 15.5. The van der Waals surface area contributed by atoms with Crippen LogP contribution in [-0.2, 0) is 17.6 Å². The van der Waals surface area contributed by atoms with Gasteiger partial charge in [-0.15, -0.1) is 11.3 Å². The van der Waals surface area contributed by atoms with E-state index >= 15 is 0 Å². The van der Waals surface area contributed by atoms with Crippen molar-refractivity contribution in [1.82, 2.24) is 9.55 Å². The van der Waals surface area contributed by atoms with Crippen molar-refractivity contribution in [2.75, 3.05) is 11.1 Å². The molecule has 0 saturated carbocycles. The number of nitrogens with zero attached hydrogens (tertiary/aromatic N) is 2.